The van der Waals surface area contributed by atoms with Crippen LogP contribution in [0.3, 0.4) is 0 Å². The fraction of sp³-hybridized carbons (Fsp3) is 0.850. The minimum absolute atomic E-state index is 0.186. The third-order valence-electron chi connectivity index (χ3n) is 3.98. The molecule has 22 heavy (non-hydrogen) atoms. The second-order valence-corrected chi connectivity index (χ2v) is 6.28. The van der Waals surface area contributed by atoms with Crippen molar-refractivity contribution in [2.45, 2.75) is 104 Å². The first-order valence-electron chi connectivity index (χ1n) is 9.55. The summed E-state index contributed by atoms with van der Waals surface area (Å²) in [5, 5.41) is 0. The van der Waals surface area contributed by atoms with Crippen LogP contribution < -0.4 is 0 Å². The lowest BCUT2D eigenvalue weighted by atomic mass is 10.0. The Bertz CT molecular complexity index is 258. The minimum Gasteiger partial charge on any atom is -0.466 e. The van der Waals surface area contributed by atoms with Crippen LogP contribution in [-0.4, -0.2) is 12.6 Å². The summed E-state index contributed by atoms with van der Waals surface area (Å²) < 4.78 is 4.87. The van der Waals surface area contributed by atoms with Crippen LogP contribution in [0.4, 0.5) is 0 Å². The van der Waals surface area contributed by atoms with E-state index in [1.54, 1.807) is 0 Å². The largest absolute Gasteiger partial charge is 0.466 e. The molecule has 0 fully saturated rings. The van der Waals surface area contributed by atoms with Crippen molar-refractivity contribution in [3.05, 3.63) is 12.2 Å². The number of hydrogen-bond acceptors (Lipinski definition) is 2. The summed E-state index contributed by atoms with van der Waals surface area (Å²) in [6.07, 6.45) is 23.2. The fourth-order valence-corrected chi connectivity index (χ4v) is 2.61. The summed E-state index contributed by atoms with van der Waals surface area (Å²) in [5.41, 5.74) is 0. The Labute approximate surface area is 138 Å². The molecule has 0 amide bonds. The fourth-order valence-electron chi connectivity index (χ4n) is 2.61. The van der Waals surface area contributed by atoms with E-state index in [0.717, 1.165) is 12.8 Å². The summed E-state index contributed by atoms with van der Waals surface area (Å²) >= 11 is 0. The molecule has 2 nitrogen and oxygen atoms in total. The number of rotatable bonds is 16. The Morgan fingerprint density at radius 3 is 1.68 bits per heavy atom. The third kappa shape index (κ3) is 19.2. The summed E-state index contributed by atoms with van der Waals surface area (Å²) in [7, 11) is 0. The smallest absolute Gasteiger partial charge is 0.302 e. The van der Waals surface area contributed by atoms with Gasteiger partial charge in [0.15, 0.2) is 0 Å². The van der Waals surface area contributed by atoms with E-state index >= 15 is 0 Å². The second kappa shape index (κ2) is 18.3. The molecule has 0 aromatic rings. The van der Waals surface area contributed by atoms with Gasteiger partial charge in [-0.1, -0.05) is 89.7 Å². The quantitative estimate of drug-likeness (QED) is 0.183. The van der Waals surface area contributed by atoms with Gasteiger partial charge in [0.2, 0.25) is 0 Å². The zero-order valence-electron chi connectivity index (χ0n) is 15.1. The zero-order valence-corrected chi connectivity index (χ0v) is 15.1. The highest BCUT2D eigenvalue weighted by Crippen LogP contribution is 2.12. The molecule has 0 aromatic carbocycles. The van der Waals surface area contributed by atoms with Crippen LogP contribution in [0, 0.1) is 0 Å². The third-order valence-corrected chi connectivity index (χ3v) is 3.98. The molecule has 0 atom stereocenters. The van der Waals surface area contributed by atoms with Crippen molar-refractivity contribution >= 4 is 5.97 Å². The number of carbonyl (C=O) groups excluding carboxylic acids is 1. The molecule has 0 aliphatic rings. The number of unbranched alkanes of at least 4 members (excludes halogenated alkanes) is 12. The van der Waals surface area contributed by atoms with Crippen molar-refractivity contribution in [2.24, 2.45) is 0 Å². The second-order valence-electron chi connectivity index (χ2n) is 6.28. The average molecular weight is 311 g/mol. The van der Waals surface area contributed by atoms with E-state index in [1.165, 1.54) is 84.0 Å². The first kappa shape index (κ1) is 21.2. The van der Waals surface area contributed by atoms with E-state index in [1.807, 2.05) is 0 Å². The van der Waals surface area contributed by atoms with E-state index < -0.39 is 0 Å². The van der Waals surface area contributed by atoms with Gasteiger partial charge in [-0.3, -0.25) is 4.79 Å². The maximum absolute atomic E-state index is 10.6. The van der Waals surface area contributed by atoms with Crippen LogP contribution in [0.25, 0.3) is 0 Å². The lowest BCUT2D eigenvalue weighted by Gasteiger charge is -2.02. The highest BCUT2D eigenvalue weighted by molar-refractivity contribution is 5.65. The number of esters is 1. The van der Waals surface area contributed by atoms with Gasteiger partial charge >= 0.3 is 5.97 Å². The van der Waals surface area contributed by atoms with E-state index in [2.05, 4.69) is 19.1 Å². The summed E-state index contributed by atoms with van der Waals surface area (Å²) in [6, 6.07) is 0. The molecular formula is C20H38O2. The summed E-state index contributed by atoms with van der Waals surface area (Å²) in [6.45, 7) is 4.25. The molecule has 0 aliphatic heterocycles. The standard InChI is InChI=1S/C20H38O2/c1-3-4-5-6-7-8-9-10-11-12-13-14-15-16-17-18-19-22-20(2)21/h16-17H,3-15,18-19H2,1-2H3/b17-16-. The van der Waals surface area contributed by atoms with Crippen LogP contribution in [0.1, 0.15) is 104 Å². The highest BCUT2D eigenvalue weighted by Gasteiger charge is 1.93. The minimum atomic E-state index is -0.186. The molecule has 0 spiro atoms. The van der Waals surface area contributed by atoms with E-state index in [9.17, 15) is 4.79 Å². The Morgan fingerprint density at radius 1 is 0.727 bits per heavy atom. The van der Waals surface area contributed by atoms with Crippen LogP contribution in [0.15, 0.2) is 12.2 Å². The van der Waals surface area contributed by atoms with Crippen LogP contribution in [-0.2, 0) is 9.53 Å². The highest BCUT2D eigenvalue weighted by atomic mass is 16.5. The molecule has 0 heterocycles. The molecule has 0 N–H and O–H groups in total. The molecular weight excluding hydrogens is 272 g/mol. The van der Waals surface area contributed by atoms with Gasteiger partial charge in [0.25, 0.3) is 0 Å². The zero-order chi connectivity index (χ0) is 16.3. The van der Waals surface area contributed by atoms with Gasteiger partial charge in [-0.25, -0.2) is 0 Å². The average Bonchev–Trinajstić information content (AvgIpc) is 2.50. The predicted octanol–water partition coefficient (Wildman–Crippen LogP) is 6.59. The maximum atomic E-state index is 10.6. The van der Waals surface area contributed by atoms with Crippen LogP contribution in [0.2, 0.25) is 0 Å². The van der Waals surface area contributed by atoms with Crippen LogP contribution >= 0.6 is 0 Å². The number of allylic oxidation sites excluding steroid dienone is 1. The van der Waals surface area contributed by atoms with Crippen molar-refractivity contribution in [2.75, 3.05) is 6.61 Å². The van der Waals surface area contributed by atoms with Crippen molar-refractivity contribution in [1.82, 2.24) is 0 Å². The molecule has 0 aliphatic carbocycles. The lowest BCUT2D eigenvalue weighted by Crippen LogP contribution is -1.98. The topological polar surface area (TPSA) is 26.3 Å². The van der Waals surface area contributed by atoms with E-state index in [-0.39, 0.29) is 5.97 Å². The molecule has 0 saturated carbocycles. The van der Waals surface area contributed by atoms with Crippen molar-refractivity contribution < 1.29 is 9.53 Å². The monoisotopic (exact) mass is 310 g/mol. The number of ether oxygens (including phenoxy) is 1. The summed E-state index contributed by atoms with van der Waals surface area (Å²) in [4.78, 5) is 10.6. The molecule has 0 rings (SSSR count). The van der Waals surface area contributed by atoms with E-state index in [4.69, 9.17) is 4.74 Å². The molecule has 0 unspecified atom stereocenters. The van der Waals surface area contributed by atoms with Gasteiger partial charge < -0.3 is 4.74 Å². The Morgan fingerprint density at radius 2 is 1.18 bits per heavy atom. The molecule has 0 aromatic heterocycles. The predicted molar refractivity (Wildman–Crippen MR) is 96.1 cm³/mol. The Balaban J connectivity index is 3.05. The van der Waals surface area contributed by atoms with Crippen LogP contribution in [0.5, 0.6) is 0 Å². The molecule has 0 bridgehead atoms. The molecule has 0 radical (unpaired) electrons. The maximum Gasteiger partial charge on any atom is 0.302 e. The van der Waals surface area contributed by atoms with Gasteiger partial charge in [-0.15, -0.1) is 0 Å². The van der Waals surface area contributed by atoms with Gasteiger partial charge in [-0.05, 0) is 19.3 Å². The first-order chi connectivity index (χ1) is 10.8. The van der Waals surface area contributed by atoms with Gasteiger partial charge in [0.05, 0.1) is 6.61 Å². The number of hydrogen-bond donors (Lipinski definition) is 0. The van der Waals surface area contributed by atoms with Crippen molar-refractivity contribution in [3.63, 3.8) is 0 Å². The lowest BCUT2D eigenvalue weighted by molar-refractivity contribution is -0.140. The molecule has 2 heteroatoms. The van der Waals surface area contributed by atoms with Gasteiger partial charge in [0.1, 0.15) is 0 Å². The summed E-state index contributed by atoms with van der Waals surface area (Å²) in [5.74, 6) is -0.186. The number of carbonyl (C=O) groups is 1. The van der Waals surface area contributed by atoms with Crippen molar-refractivity contribution in [3.8, 4) is 0 Å². The normalized spacial score (nSPS) is 11.2. The SMILES string of the molecule is CCCCCCCCCCCCCC/C=C\CCOC(C)=O. The van der Waals surface area contributed by atoms with Gasteiger partial charge in [0, 0.05) is 6.92 Å². The Hall–Kier alpha value is -0.790. The van der Waals surface area contributed by atoms with Gasteiger partial charge in [-0.2, -0.15) is 0 Å². The Kier molecular flexibility index (Phi) is 17.6. The van der Waals surface area contributed by atoms with E-state index in [0.29, 0.717) is 6.61 Å². The van der Waals surface area contributed by atoms with Crippen molar-refractivity contribution in [1.29, 1.82) is 0 Å². The first-order valence-corrected chi connectivity index (χ1v) is 9.55. The molecule has 130 valence electrons. The molecule has 0 saturated heterocycles.